The average molecular weight is 370 g/mol. The van der Waals surface area contributed by atoms with E-state index in [-0.39, 0.29) is 24.3 Å². The van der Waals surface area contributed by atoms with Crippen LogP contribution in [-0.2, 0) is 29.0 Å². The lowest BCUT2D eigenvalue weighted by Crippen LogP contribution is -2.37. The highest BCUT2D eigenvalue weighted by Crippen LogP contribution is 2.38. The number of likely N-dealkylation sites (N-methyl/N-ethyl adjacent to an activating group) is 1. The zero-order chi connectivity index (χ0) is 18.3. The smallest absolute Gasteiger partial charge is 0.257 e. The van der Waals surface area contributed by atoms with Crippen molar-refractivity contribution in [1.29, 1.82) is 0 Å². The van der Waals surface area contributed by atoms with Gasteiger partial charge in [0.15, 0.2) is 0 Å². The molecule has 3 amide bonds. The number of rotatable bonds is 2. The Hall–Kier alpha value is -2.74. The Morgan fingerprint density at radius 3 is 2.96 bits per heavy atom. The summed E-state index contributed by atoms with van der Waals surface area (Å²) in [7, 11) is 1.63. The number of nitrogens with one attached hydrogen (secondary N) is 1. The maximum atomic E-state index is 12.6. The minimum absolute atomic E-state index is 0.0414. The molecule has 1 N–H and O–H groups in total. The molecule has 0 fully saturated rings. The molecule has 0 spiro atoms. The number of aromatic nitrogens is 1. The fraction of sp³-hybridized carbons (Fsp3) is 0.333. The normalized spacial score (nSPS) is 16.7. The van der Waals surface area contributed by atoms with Gasteiger partial charge in [-0.15, -0.1) is 11.3 Å². The van der Waals surface area contributed by atoms with Crippen LogP contribution in [0.2, 0.25) is 0 Å². The lowest BCUT2D eigenvalue weighted by molar-refractivity contribution is -0.131. The van der Waals surface area contributed by atoms with E-state index in [2.05, 4.69) is 10.3 Å². The van der Waals surface area contributed by atoms with Crippen LogP contribution in [-0.4, -0.2) is 52.6 Å². The van der Waals surface area contributed by atoms with Gasteiger partial charge in [-0.2, -0.15) is 0 Å². The fourth-order valence-electron chi connectivity index (χ4n) is 3.36. The van der Waals surface area contributed by atoms with Crippen LogP contribution in [0.25, 0.3) is 0 Å². The van der Waals surface area contributed by atoms with Gasteiger partial charge >= 0.3 is 0 Å². The fourth-order valence-corrected chi connectivity index (χ4v) is 4.64. The zero-order valence-corrected chi connectivity index (χ0v) is 15.1. The van der Waals surface area contributed by atoms with Gasteiger partial charge in [0.2, 0.25) is 11.8 Å². The summed E-state index contributed by atoms with van der Waals surface area (Å²) in [6, 6.07) is 3.70. The summed E-state index contributed by atoms with van der Waals surface area (Å²) >= 11 is 1.40. The van der Waals surface area contributed by atoms with E-state index in [0.29, 0.717) is 36.5 Å². The van der Waals surface area contributed by atoms with Gasteiger partial charge in [0.1, 0.15) is 5.00 Å². The molecule has 8 heteroatoms. The molecule has 2 aromatic heterocycles. The number of carbonyl (C=O) groups is 3. The molecule has 2 aliphatic rings. The van der Waals surface area contributed by atoms with Crippen molar-refractivity contribution in [1.82, 2.24) is 14.8 Å². The third-order valence-corrected chi connectivity index (χ3v) is 5.81. The Morgan fingerprint density at radius 1 is 1.35 bits per heavy atom. The Balaban J connectivity index is 1.57. The van der Waals surface area contributed by atoms with Gasteiger partial charge in [0.25, 0.3) is 5.91 Å². The first kappa shape index (κ1) is 16.7. The van der Waals surface area contributed by atoms with Crippen molar-refractivity contribution >= 4 is 34.1 Å². The van der Waals surface area contributed by atoms with Gasteiger partial charge in [0.05, 0.1) is 25.1 Å². The van der Waals surface area contributed by atoms with Crippen molar-refractivity contribution in [2.24, 2.45) is 0 Å². The van der Waals surface area contributed by atoms with Crippen molar-refractivity contribution < 1.29 is 14.4 Å². The van der Waals surface area contributed by atoms with Crippen LogP contribution in [0.3, 0.4) is 0 Å². The molecule has 2 aromatic rings. The number of fused-ring (bicyclic) bond motifs is 3. The van der Waals surface area contributed by atoms with Gasteiger partial charge in [-0.05, 0) is 23.6 Å². The number of anilines is 1. The number of nitrogens with zero attached hydrogens (tertiary/aromatic N) is 3. The minimum atomic E-state index is -0.192. The van der Waals surface area contributed by atoms with E-state index in [1.165, 1.54) is 16.2 Å². The maximum absolute atomic E-state index is 12.6. The molecule has 4 heterocycles. The molecule has 26 heavy (non-hydrogen) atoms. The van der Waals surface area contributed by atoms with Crippen molar-refractivity contribution in [3.05, 3.63) is 46.1 Å². The Morgan fingerprint density at radius 2 is 2.19 bits per heavy atom. The standard InChI is InChI=1S/C18H18N4O3S/c1-21-10-14(23)20-17-16(18(21)25)12-4-6-22(9-13(12)26-17)15(24)7-11-3-2-5-19-8-11/h2-3,5,8H,4,6-7,9-10H2,1H3,(H,20,23). The predicted octanol–water partition coefficient (Wildman–Crippen LogP) is 1.29. The van der Waals surface area contributed by atoms with Crippen molar-refractivity contribution in [2.75, 3.05) is 25.5 Å². The van der Waals surface area contributed by atoms with Crippen LogP contribution >= 0.6 is 11.3 Å². The molecule has 0 atom stereocenters. The number of amides is 3. The van der Waals surface area contributed by atoms with Crippen LogP contribution in [0.1, 0.15) is 26.4 Å². The Bertz CT molecular complexity index is 893. The summed E-state index contributed by atoms with van der Waals surface area (Å²) in [6.07, 6.45) is 4.31. The van der Waals surface area contributed by atoms with Crippen LogP contribution in [0.4, 0.5) is 5.00 Å². The molecule has 0 unspecified atom stereocenters. The van der Waals surface area contributed by atoms with Gasteiger partial charge in [-0.1, -0.05) is 6.07 Å². The van der Waals surface area contributed by atoms with E-state index in [1.807, 2.05) is 12.1 Å². The summed E-state index contributed by atoms with van der Waals surface area (Å²) in [6.45, 7) is 1.10. The SMILES string of the molecule is CN1CC(=O)Nc2sc3c(c2C1=O)CCN(C(=O)Cc1cccnc1)C3. The molecule has 0 saturated carbocycles. The maximum Gasteiger partial charge on any atom is 0.257 e. The van der Waals surface area contributed by atoms with Gasteiger partial charge < -0.3 is 15.1 Å². The first-order valence-electron chi connectivity index (χ1n) is 8.39. The number of pyridine rings is 1. The van der Waals surface area contributed by atoms with Gasteiger partial charge in [-0.25, -0.2) is 0 Å². The van der Waals surface area contributed by atoms with Crippen molar-refractivity contribution in [2.45, 2.75) is 19.4 Å². The molecule has 7 nitrogen and oxygen atoms in total. The van der Waals surface area contributed by atoms with Crippen LogP contribution in [0, 0.1) is 0 Å². The second-order valence-electron chi connectivity index (χ2n) is 6.52. The van der Waals surface area contributed by atoms with Crippen LogP contribution < -0.4 is 5.32 Å². The number of thiophene rings is 1. The molecule has 134 valence electrons. The summed E-state index contributed by atoms with van der Waals surface area (Å²) in [5.41, 5.74) is 2.45. The van der Waals surface area contributed by atoms with Gasteiger partial charge in [-0.3, -0.25) is 19.4 Å². The average Bonchev–Trinajstić information content (AvgIpc) is 2.93. The third-order valence-electron chi connectivity index (χ3n) is 4.68. The first-order valence-corrected chi connectivity index (χ1v) is 9.21. The third kappa shape index (κ3) is 2.96. The lowest BCUT2D eigenvalue weighted by atomic mass is 10.0. The highest BCUT2D eigenvalue weighted by Gasteiger charge is 2.33. The van der Waals surface area contributed by atoms with Crippen molar-refractivity contribution in [3.8, 4) is 0 Å². The van der Waals surface area contributed by atoms with E-state index in [0.717, 1.165) is 16.0 Å². The second-order valence-corrected chi connectivity index (χ2v) is 7.63. The summed E-state index contributed by atoms with van der Waals surface area (Å²) in [4.78, 5) is 45.4. The summed E-state index contributed by atoms with van der Waals surface area (Å²) in [5, 5.41) is 3.44. The quantitative estimate of drug-likeness (QED) is 0.864. The Labute approximate surface area is 154 Å². The van der Waals surface area contributed by atoms with Crippen molar-refractivity contribution in [3.63, 3.8) is 0 Å². The number of hydrogen-bond acceptors (Lipinski definition) is 5. The number of hydrogen-bond donors (Lipinski definition) is 1. The molecule has 0 radical (unpaired) electrons. The number of carbonyl (C=O) groups excluding carboxylic acids is 3. The van der Waals surface area contributed by atoms with E-state index in [4.69, 9.17) is 0 Å². The van der Waals surface area contributed by atoms with E-state index in [9.17, 15) is 14.4 Å². The van der Waals surface area contributed by atoms with Gasteiger partial charge in [0, 0.05) is 30.9 Å². The largest absolute Gasteiger partial charge is 0.337 e. The highest BCUT2D eigenvalue weighted by molar-refractivity contribution is 7.17. The van der Waals surface area contributed by atoms with E-state index in [1.54, 1.807) is 24.3 Å². The second kappa shape index (κ2) is 6.53. The predicted molar refractivity (Wildman–Crippen MR) is 97.0 cm³/mol. The van der Waals surface area contributed by atoms with Crippen LogP contribution in [0.5, 0.6) is 0 Å². The van der Waals surface area contributed by atoms with E-state index >= 15 is 0 Å². The highest BCUT2D eigenvalue weighted by atomic mass is 32.1. The monoisotopic (exact) mass is 370 g/mol. The van der Waals surface area contributed by atoms with Crippen LogP contribution in [0.15, 0.2) is 24.5 Å². The molecule has 2 aliphatic heterocycles. The summed E-state index contributed by atoms with van der Waals surface area (Å²) < 4.78 is 0. The molecule has 0 aromatic carbocycles. The minimum Gasteiger partial charge on any atom is -0.337 e. The molecule has 4 rings (SSSR count). The van der Waals surface area contributed by atoms with E-state index < -0.39 is 0 Å². The molecule has 0 aliphatic carbocycles. The Kier molecular flexibility index (Phi) is 4.20. The molecular formula is C18H18N4O3S. The molecule has 0 bridgehead atoms. The summed E-state index contributed by atoms with van der Waals surface area (Å²) in [5.74, 6) is -0.284. The first-order chi connectivity index (χ1) is 12.5. The topological polar surface area (TPSA) is 82.6 Å². The zero-order valence-electron chi connectivity index (χ0n) is 14.3. The lowest BCUT2D eigenvalue weighted by Gasteiger charge is -2.27. The molecule has 0 saturated heterocycles. The molecular weight excluding hydrogens is 352 g/mol.